The van der Waals surface area contributed by atoms with Crippen LogP contribution in [-0.4, -0.2) is 17.4 Å². The van der Waals surface area contributed by atoms with E-state index in [0.29, 0.717) is 17.1 Å². The highest BCUT2D eigenvalue weighted by atomic mass is 32.1. The number of nitrogen functional groups attached to an aromatic ring is 1. The van der Waals surface area contributed by atoms with Crippen LogP contribution in [0.4, 0.5) is 5.69 Å². The lowest BCUT2D eigenvalue weighted by molar-refractivity contribution is 0.0959. The van der Waals surface area contributed by atoms with Gasteiger partial charge in [0.15, 0.2) is 0 Å². The van der Waals surface area contributed by atoms with Crippen molar-refractivity contribution < 1.29 is 4.79 Å². The molecule has 1 aromatic carbocycles. The van der Waals surface area contributed by atoms with Crippen LogP contribution in [0.3, 0.4) is 0 Å². The quantitative estimate of drug-likeness (QED) is 0.778. The first-order valence-electron chi connectivity index (χ1n) is 6.71. The number of hydrogen-bond donors (Lipinski definition) is 2. The fourth-order valence-electron chi connectivity index (χ4n) is 2.17. The molecule has 5 heteroatoms. The highest BCUT2D eigenvalue weighted by Gasteiger charge is 2.16. The molecule has 0 saturated heterocycles. The molecule has 0 fully saturated rings. The minimum Gasteiger partial charge on any atom is -0.397 e. The highest BCUT2D eigenvalue weighted by Crippen LogP contribution is 2.31. The zero-order valence-corrected chi connectivity index (χ0v) is 12.2. The van der Waals surface area contributed by atoms with Crippen LogP contribution >= 0.6 is 11.3 Å². The number of benzene rings is 1. The average Bonchev–Trinajstić information content (AvgIpc) is 2.86. The van der Waals surface area contributed by atoms with Crippen molar-refractivity contribution in [1.29, 1.82) is 0 Å². The average molecular weight is 297 g/mol. The molecule has 2 heterocycles. The number of hydrogen-bond acceptors (Lipinski definition) is 4. The van der Waals surface area contributed by atoms with E-state index in [4.69, 9.17) is 5.73 Å². The van der Waals surface area contributed by atoms with Gasteiger partial charge in [-0.25, -0.2) is 4.98 Å². The van der Waals surface area contributed by atoms with E-state index in [-0.39, 0.29) is 5.91 Å². The maximum Gasteiger partial charge on any atom is 0.263 e. The number of nitrogens with one attached hydrogen (secondary N) is 1. The number of nitrogens with zero attached hydrogens (tertiary/aromatic N) is 1. The van der Waals surface area contributed by atoms with Gasteiger partial charge in [-0.15, -0.1) is 11.3 Å². The summed E-state index contributed by atoms with van der Waals surface area (Å²) in [5.74, 6) is -0.133. The Morgan fingerprint density at radius 1 is 1.19 bits per heavy atom. The van der Waals surface area contributed by atoms with E-state index in [2.05, 4.69) is 10.3 Å². The molecule has 106 valence electrons. The summed E-state index contributed by atoms with van der Waals surface area (Å²) in [5.41, 5.74) is 7.74. The smallest absolute Gasteiger partial charge is 0.263 e. The first-order valence-corrected chi connectivity index (χ1v) is 7.52. The van der Waals surface area contributed by atoms with Gasteiger partial charge in [-0.1, -0.05) is 30.3 Å². The van der Waals surface area contributed by atoms with Crippen molar-refractivity contribution in [2.45, 2.75) is 6.42 Å². The number of fused-ring (bicyclic) bond motifs is 1. The molecule has 1 amide bonds. The summed E-state index contributed by atoms with van der Waals surface area (Å²) in [7, 11) is 0. The molecule has 0 aliphatic carbocycles. The van der Waals surface area contributed by atoms with Gasteiger partial charge in [0.2, 0.25) is 0 Å². The lowest BCUT2D eigenvalue weighted by atomic mass is 10.1. The molecule has 3 aromatic rings. The van der Waals surface area contributed by atoms with Crippen LogP contribution < -0.4 is 11.1 Å². The maximum absolute atomic E-state index is 12.2. The molecular weight excluding hydrogens is 282 g/mol. The van der Waals surface area contributed by atoms with Gasteiger partial charge in [-0.2, -0.15) is 0 Å². The number of aromatic nitrogens is 1. The zero-order chi connectivity index (χ0) is 14.7. The first kappa shape index (κ1) is 13.6. The minimum absolute atomic E-state index is 0.133. The Morgan fingerprint density at radius 2 is 2.00 bits per heavy atom. The number of anilines is 1. The Kier molecular flexibility index (Phi) is 3.83. The molecular formula is C16H15N3OS. The summed E-state index contributed by atoms with van der Waals surface area (Å²) in [5, 5.41) is 3.76. The Labute approximate surface area is 126 Å². The predicted molar refractivity (Wildman–Crippen MR) is 86.5 cm³/mol. The van der Waals surface area contributed by atoms with Crippen LogP contribution in [0.1, 0.15) is 15.2 Å². The SMILES string of the molecule is Nc1c(C(=O)NCCc2ccccc2)sc2ncccc12. The van der Waals surface area contributed by atoms with Gasteiger partial charge in [-0.3, -0.25) is 4.79 Å². The number of nitrogens with two attached hydrogens (primary N) is 1. The number of thiophene rings is 1. The molecule has 3 rings (SSSR count). The Morgan fingerprint density at radius 3 is 2.76 bits per heavy atom. The van der Waals surface area contributed by atoms with E-state index in [1.807, 2.05) is 42.5 Å². The molecule has 0 saturated carbocycles. The molecule has 3 N–H and O–H groups in total. The fourth-order valence-corrected chi connectivity index (χ4v) is 3.14. The fraction of sp³-hybridized carbons (Fsp3) is 0.125. The van der Waals surface area contributed by atoms with E-state index in [0.717, 1.165) is 16.6 Å². The number of pyridine rings is 1. The minimum atomic E-state index is -0.133. The predicted octanol–water partition coefficient (Wildman–Crippen LogP) is 2.85. The van der Waals surface area contributed by atoms with Gasteiger partial charge in [0, 0.05) is 18.1 Å². The van der Waals surface area contributed by atoms with Crippen LogP contribution in [0.15, 0.2) is 48.7 Å². The molecule has 0 bridgehead atoms. The summed E-state index contributed by atoms with van der Waals surface area (Å²) in [6.45, 7) is 0.587. The second kappa shape index (κ2) is 5.93. The molecule has 0 radical (unpaired) electrons. The zero-order valence-electron chi connectivity index (χ0n) is 11.4. The second-order valence-corrected chi connectivity index (χ2v) is 5.69. The van der Waals surface area contributed by atoms with Crippen LogP contribution in [-0.2, 0) is 6.42 Å². The molecule has 0 spiro atoms. The molecule has 0 aliphatic rings. The van der Waals surface area contributed by atoms with E-state index in [1.165, 1.54) is 16.9 Å². The van der Waals surface area contributed by atoms with E-state index in [9.17, 15) is 4.79 Å². The molecule has 4 nitrogen and oxygen atoms in total. The third-order valence-corrected chi connectivity index (χ3v) is 4.38. The molecule has 0 aliphatic heterocycles. The van der Waals surface area contributed by atoms with Crippen molar-refractivity contribution in [3.8, 4) is 0 Å². The van der Waals surface area contributed by atoms with Gasteiger partial charge < -0.3 is 11.1 Å². The van der Waals surface area contributed by atoms with Crippen LogP contribution in [0.2, 0.25) is 0 Å². The van der Waals surface area contributed by atoms with Gasteiger partial charge in [-0.05, 0) is 24.1 Å². The summed E-state index contributed by atoms with van der Waals surface area (Å²) < 4.78 is 0. The summed E-state index contributed by atoms with van der Waals surface area (Å²) in [4.78, 5) is 17.8. The van der Waals surface area contributed by atoms with Gasteiger partial charge in [0.1, 0.15) is 9.71 Å². The Balaban J connectivity index is 1.68. The number of carbonyl (C=O) groups excluding carboxylic acids is 1. The van der Waals surface area contributed by atoms with Crippen molar-refractivity contribution in [1.82, 2.24) is 10.3 Å². The third kappa shape index (κ3) is 2.87. The van der Waals surface area contributed by atoms with Crippen molar-refractivity contribution in [3.63, 3.8) is 0 Å². The summed E-state index contributed by atoms with van der Waals surface area (Å²) >= 11 is 1.33. The normalized spacial score (nSPS) is 10.7. The van der Waals surface area contributed by atoms with Crippen molar-refractivity contribution >= 4 is 33.1 Å². The molecule has 0 unspecified atom stereocenters. The topological polar surface area (TPSA) is 68.0 Å². The number of amides is 1. The molecule has 0 atom stereocenters. The van der Waals surface area contributed by atoms with Crippen LogP contribution in [0.5, 0.6) is 0 Å². The third-order valence-electron chi connectivity index (χ3n) is 3.25. The van der Waals surface area contributed by atoms with Gasteiger partial charge in [0.25, 0.3) is 5.91 Å². The van der Waals surface area contributed by atoms with Crippen LogP contribution in [0.25, 0.3) is 10.2 Å². The summed E-state index contributed by atoms with van der Waals surface area (Å²) in [6, 6.07) is 13.8. The summed E-state index contributed by atoms with van der Waals surface area (Å²) in [6.07, 6.45) is 2.50. The van der Waals surface area contributed by atoms with Gasteiger partial charge >= 0.3 is 0 Å². The van der Waals surface area contributed by atoms with Gasteiger partial charge in [0.05, 0.1) is 5.69 Å². The number of rotatable bonds is 4. The molecule has 21 heavy (non-hydrogen) atoms. The first-order chi connectivity index (χ1) is 10.3. The lowest BCUT2D eigenvalue weighted by Crippen LogP contribution is -2.25. The van der Waals surface area contributed by atoms with E-state index in [1.54, 1.807) is 6.20 Å². The van der Waals surface area contributed by atoms with Crippen molar-refractivity contribution in [2.24, 2.45) is 0 Å². The van der Waals surface area contributed by atoms with E-state index >= 15 is 0 Å². The largest absolute Gasteiger partial charge is 0.397 e. The molecule has 2 aromatic heterocycles. The van der Waals surface area contributed by atoms with Crippen molar-refractivity contribution in [3.05, 3.63) is 59.1 Å². The second-order valence-electron chi connectivity index (χ2n) is 4.69. The standard InChI is InChI=1S/C16H15N3OS/c17-13-12-7-4-9-19-16(12)21-14(13)15(20)18-10-8-11-5-2-1-3-6-11/h1-7,9H,8,10,17H2,(H,18,20). The highest BCUT2D eigenvalue weighted by molar-refractivity contribution is 7.21. The maximum atomic E-state index is 12.2. The Hall–Kier alpha value is -2.40. The van der Waals surface area contributed by atoms with Crippen molar-refractivity contribution in [2.75, 3.05) is 12.3 Å². The lowest BCUT2D eigenvalue weighted by Gasteiger charge is -2.04. The van der Waals surface area contributed by atoms with Crippen LogP contribution in [0, 0.1) is 0 Å². The monoisotopic (exact) mass is 297 g/mol. The van der Waals surface area contributed by atoms with E-state index < -0.39 is 0 Å². The number of carbonyl (C=O) groups is 1. The Bertz CT molecular complexity index is 768.